The van der Waals surface area contributed by atoms with Crippen LogP contribution in [-0.4, -0.2) is 33.5 Å². The van der Waals surface area contributed by atoms with Crippen LogP contribution in [0.2, 0.25) is 0 Å². The van der Waals surface area contributed by atoms with E-state index in [1.54, 1.807) is 6.92 Å². The maximum absolute atomic E-state index is 13.5. The Morgan fingerprint density at radius 1 is 1.38 bits per heavy atom. The number of anilines is 1. The number of nitrogens with zero attached hydrogens (tertiary/aromatic N) is 1. The fraction of sp³-hybridized carbons (Fsp3) is 0.429. The van der Waals surface area contributed by atoms with Crippen molar-refractivity contribution in [2.24, 2.45) is 0 Å². The van der Waals surface area contributed by atoms with E-state index in [1.165, 1.54) is 11.8 Å². The van der Waals surface area contributed by atoms with Crippen molar-refractivity contribution in [2.75, 3.05) is 18.4 Å². The summed E-state index contributed by atoms with van der Waals surface area (Å²) in [5, 5.41) is 1.92. The van der Waals surface area contributed by atoms with Crippen LogP contribution in [0, 0.1) is 11.6 Å². The molecule has 0 aliphatic carbocycles. The van der Waals surface area contributed by atoms with E-state index in [0.29, 0.717) is 4.32 Å². The van der Waals surface area contributed by atoms with Crippen molar-refractivity contribution in [3.05, 3.63) is 29.8 Å². The molecule has 1 aliphatic heterocycles. The predicted molar refractivity (Wildman–Crippen MR) is 85.4 cm³/mol. The van der Waals surface area contributed by atoms with Crippen molar-refractivity contribution >= 4 is 39.9 Å². The van der Waals surface area contributed by atoms with Crippen molar-refractivity contribution in [1.29, 1.82) is 0 Å². The molecule has 1 amide bonds. The number of likely N-dealkylation sites (tertiary alicyclic amines) is 1. The molecule has 1 heterocycles. The molecule has 3 nitrogen and oxygen atoms in total. The Hall–Kier alpha value is -1.21. The lowest BCUT2D eigenvalue weighted by molar-refractivity contribution is -0.115. The van der Waals surface area contributed by atoms with E-state index in [9.17, 15) is 13.6 Å². The Balaban J connectivity index is 1.93. The van der Waals surface area contributed by atoms with Gasteiger partial charge in [-0.05, 0) is 31.9 Å². The van der Waals surface area contributed by atoms with Gasteiger partial charge in [0.25, 0.3) is 0 Å². The van der Waals surface area contributed by atoms with E-state index in [-0.39, 0.29) is 5.69 Å². The molecule has 1 saturated heterocycles. The third kappa shape index (κ3) is 4.38. The number of halogens is 2. The van der Waals surface area contributed by atoms with E-state index < -0.39 is 22.8 Å². The van der Waals surface area contributed by atoms with Gasteiger partial charge in [-0.1, -0.05) is 24.0 Å². The Morgan fingerprint density at radius 2 is 2.05 bits per heavy atom. The molecule has 1 atom stereocenters. The second kappa shape index (κ2) is 7.17. The zero-order valence-electron chi connectivity index (χ0n) is 11.6. The molecule has 0 spiro atoms. The van der Waals surface area contributed by atoms with E-state index in [4.69, 9.17) is 12.2 Å². The molecule has 21 heavy (non-hydrogen) atoms. The summed E-state index contributed by atoms with van der Waals surface area (Å²) < 4.78 is 27.2. The highest BCUT2D eigenvalue weighted by atomic mass is 32.2. The van der Waals surface area contributed by atoms with Crippen LogP contribution in [0.15, 0.2) is 18.2 Å². The first kappa shape index (κ1) is 16.2. The maximum atomic E-state index is 13.5. The van der Waals surface area contributed by atoms with Gasteiger partial charge < -0.3 is 10.2 Å². The molecule has 114 valence electrons. The van der Waals surface area contributed by atoms with Crippen molar-refractivity contribution in [3.63, 3.8) is 0 Å². The SMILES string of the molecule is C[C@@H](SC(=S)N1CCCC1)C(=O)Nc1cc(F)ccc1F. The van der Waals surface area contributed by atoms with Crippen LogP contribution in [0.25, 0.3) is 0 Å². The standard InChI is InChI=1S/C14H16F2N2OS2/c1-9(21-14(20)18-6-2-3-7-18)13(19)17-12-8-10(15)4-5-11(12)16/h4-5,8-9H,2-3,6-7H2,1H3,(H,17,19)/t9-/m1/s1. The minimum Gasteiger partial charge on any atom is -0.358 e. The van der Waals surface area contributed by atoms with Gasteiger partial charge in [0.15, 0.2) is 0 Å². The van der Waals surface area contributed by atoms with Crippen molar-refractivity contribution < 1.29 is 13.6 Å². The van der Waals surface area contributed by atoms with Gasteiger partial charge in [-0.25, -0.2) is 8.78 Å². The molecule has 0 aromatic heterocycles. The smallest absolute Gasteiger partial charge is 0.237 e. The molecule has 1 N–H and O–H groups in total. The highest BCUT2D eigenvalue weighted by Crippen LogP contribution is 2.22. The van der Waals surface area contributed by atoms with Gasteiger partial charge in [0.2, 0.25) is 5.91 Å². The quantitative estimate of drug-likeness (QED) is 0.861. The van der Waals surface area contributed by atoms with Crippen molar-refractivity contribution in [3.8, 4) is 0 Å². The first-order chi connectivity index (χ1) is 9.97. The van der Waals surface area contributed by atoms with Crippen LogP contribution in [0.5, 0.6) is 0 Å². The number of thioether (sulfide) groups is 1. The fourth-order valence-corrected chi connectivity index (χ4v) is 3.42. The molecular weight excluding hydrogens is 314 g/mol. The van der Waals surface area contributed by atoms with Crippen LogP contribution in [0.1, 0.15) is 19.8 Å². The predicted octanol–water partition coefficient (Wildman–Crippen LogP) is 3.41. The number of thiocarbonyl (C=S) groups is 1. The summed E-state index contributed by atoms with van der Waals surface area (Å²) in [6.45, 7) is 3.52. The average molecular weight is 330 g/mol. The van der Waals surface area contributed by atoms with Crippen LogP contribution < -0.4 is 5.32 Å². The van der Waals surface area contributed by atoms with Crippen LogP contribution in [-0.2, 0) is 4.79 Å². The molecule has 0 saturated carbocycles. The van der Waals surface area contributed by atoms with Crippen LogP contribution in [0.3, 0.4) is 0 Å². The number of benzene rings is 1. The molecule has 0 radical (unpaired) electrons. The molecule has 1 aromatic carbocycles. The lowest BCUT2D eigenvalue weighted by atomic mass is 10.3. The van der Waals surface area contributed by atoms with E-state index in [2.05, 4.69) is 10.2 Å². The molecule has 1 aromatic rings. The summed E-state index contributed by atoms with van der Waals surface area (Å²) in [6.07, 6.45) is 2.21. The maximum Gasteiger partial charge on any atom is 0.237 e. The van der Waals surface area contributed by atoms with Crippen molar-refractivity contribution in [2.45, 2.75) is 25.0 Å². The van der Waals surface area contributed by atoms with Gasteiger partial charge in [-0.3, -0.25) is 4.79 Å². The number of hydrogen-bond donors (Lipinski definition) is 1. The second-order valence-corrected chi connectivity index (χ2v) is 6.81. The molecular formula is C14H16F2N2OS2. The van der Waals surface area contributed by atoms with Crippen molar-refractivity contribution in [1.82, 2.24) is 4.90 Å². The average Bonchev–Trinajstić information content (AvgIpc) is 2.97. The van der Waals surface area contributed by atoms with Crippen LogP contribution >= 0.6 is 24.0 Å². The number of carbonyl (C=O) groups excluding carboxylic acids is 1. The van der Waals surface area contributed by atoms with Gasteiger partial charge in [0.05, 0.1) is 10.9 Å². The third-order valence-corrected chi connectivity index (χ3v) is 4.77. The zero-order valence-corrected chi connectivity index (χ0v) is 13.2. The summed E-state index contributed by atoms with van der Waals surface area (Å²) >= 11 is 6.56. The van der Waals surface area contributed by atoms with Crippen LogP contribution in [0.4, 0.5) is 14.5 Å². The van der Waals surface area contributed by atoms with Gasteiger partial charge in [0.1, 0.15) is 16.0 Å². The highest BCUT2D eigenvalue weighted by Gasteiger charge is 2.22. The lowest BCUT2D eigenvalue weighted by Gasteiger charge is -2.20. The minimum atomic E-state index is -0.663. The molecule has 0 unspecified atom stereocenters. The first-order valence-corrected chi connectivity index (χ1v) is 7.97. The van der Waals surface area contributed by atoms with E-state index >= 15 is 0 Å². The fourth-order valence-electron chi connectivity index (χ4n) is 2.01. The Labute approximate surface area is 132 Å². The first-order valence-electron chi connectivity index (χ1n) is 6.69. The van der Waals surface area contributed by atoms with Gasteiger partial charge in [0, 0.05) is 19.2 Å². The normalized spacial score (nSPS) is 15.9. The lowest BCUT2D eigenvalue weighted by Crippen LogP contribution is -2.29. The Kier molecular flexibility index (Phi) is 5.52. The summed E-state index contributed by atoms with van der Waals surface area (Å²) in [7, 11) is 0. The second-order valence-electron chi connectivity index (χ2n) is 4.83. The number of nitrogens with one attached hydrogen (secondary N) is 1. The monoisotopic (exact) mass is 330 g/mol. The van der Waals surface area contributed by atoms with E-state index in [0.717, 1.165) is 44.1 Å². The molecule has 7 heteroatoms. The molecule has 1 fully saturated rings. The number of carbonyl (C=O) groups is 1. The summed E-state index contributed by atoms with van der Waals surface area (Å²) in [6, 6.07) is 2.95. The summed E-state index contributed by atoms with van der Waals surface area (Å²) in [5.74, 6) is -1.66. The zero-order chi connectivity index (χ0) is 15.4. The number of hydrogen-bond acceptors (Lipinski definition) is 3. The van der Waals surface area contributed by atoms with Gasteiger partial charge in [-0.2, -0.15) is 0 Å². The minimum absolute atomic E-state index is 0.153. The van der Waals surface area contributed by atoms with E-state index in [1.807, 2.05) is 0 Å². The largest absolute Gasteiger partial charge is 0.358 e. The third-order valence-electron chi connectivity index (χ3n) is 3.20. The summed E-state index contributed by atoms with van der Waals surface area (Å²) in [5.41, 5.74) is -0.153. The summed E-state index contributed by atoms with van der Waals surface area (Å²) in [4.78, 5) is 14.1. The molecule has 0 bridgehead atoms. The molecule has 1 aliphatic rings. The number of rotatable bonds is 3. The highest BCUT2D eigenvalue weighted by molar-refractivity contribution is 8.23. The van der Waals surface area contributed by atoms with Gasteiger partial charge >= 0.3 is 0 Å². The number of amides is 1. The Morgan fingerprint density at radius 3 is 2.71 bits per heavy atom. The topological polar surface area (TPSA) is 32.3 Å². The van der Waals surface area contributed by atoms with Gasteiger partial charge in [-0.15, -0.1) is 0 Å². The Bertz CT molecular complexity index is 548. The molecule has 2 rings (SSSR count).